The van der Waals surface area contributed by atoms with Crippen molar-refractivity contribution >= 4 is 28.4 Å². The highest BCUT2D eigenvalue weighted by molar-refractivity contribution is 6.35. The highest BCUT2D eigenvalue weighted by Crippen LogP contribution is 2.26. The van der Waals surface area contributed by atoms with Gasteiger partial charge in [-0.15, -0.1) is 0 Å². The van der Waals surface area contributed by atoms with E-state index in [9.17, 15) is 9.18 Å². The third-order valence-electron chi connectivity index (χ3n) is 3.58. The van der Waals surface area contributed by atoms with Gasteiger partial charge in [-0.3, -0.25) is 4.79 Å². The molecule has 1 aromatic heterocycles. The number of aromatic amines is 1. The fraction of sp³-hybridized carbons (Fsp3) is 0.308. The molecule has 1 aliphatic heterocycles. The van der Waals surface area contributed by atoms with E-state index in [1.54, 1.807) is 11.0 Å². The second-order valence-corrected chi connectivity index (χ2v) is 5.48. The summed E-state index contributed by atoms with van der Waals surface area (Å²) >= 11 is 5.96. The Hall–Kier alpha value is -1.63. The van der Waals surface area contributed by atoms with Crippen molar-refractivity contribution in [2.24, 2.45) is 11.5 Å². The number of carbonyl (C=O) groups excluding carboxylic acids is 1. The predicted octanol–water partition coefficient (Wildman–Crippen LogP) is 1.07. The molecule has 0 aliphatic carbocycles. The van der Waals surface area contributed by atoms with E-state index in [0.29, 0.717) is 29.7 Å². The zero-order valence-electron chi connectivity index (χ0n) is 10.6. The zero-order chi connectivity index (χ0) is 14.4. The zero-order valence-corrected chi connectivity index (χ0v) is 11.3. The van der Waals surface area contributed by atoms with E-state index in [1.165, 1.54) is 12.1 Å². The monoisotopic (exact) mass is 296 g/mol. The summed E-state index contributed by atoms with van der Waals surface area (Å²) in [5, 5.41) is 0.884. The summed E-state index contributed by atoms with van der Waals surface area (Å²) in [7, 11) is 0. The summed E-state index contributed by atoms with van der Waals surface area (Å²) in [6.45, 7) is 0.828. The van der Waals surface area contributed by atoms with Crippen LogP contribution in [0.2, 0.25) is 5.02 Å². The smallest absolute Gasteiger partial charge is 0.270 e. The molecule has 106 valence electrons. The number of amides is 1. The number of benzene rings is 1. The van der Waals surface area contributed by atoms with Crippen LogP contribution in [0.3, 0.4) is 0 Å². The Morgan fingerprint density at radius 1 is 1.30 bits per heavy atom. The SMILES string of the molecule is N[C@@H]1CN(C(=O)c2cc3c(Cl)cc(F)cc3[nH]2)C[C@H]1N. The minimum atomic E-state index is -0.450. The summed E-state index contributed by atoms with van der Waals surface area (Å²) in [6, 6.07) is 3.70. The van der Waals surface area contributed by atoms with E-state index >= 15 is 0 Å². The van der Waals surface area contributed by atoms with Gasteiger partial charge in [0.1, 0.15) is 11.5 Å². The first-order valence-electron chi connectivity index (χ1n) is 6.24. The van der Waals surface area contributed by atoms with Crippen molar-refractivity contribution < 1.29 is 9.18 Å². The molecule has 0 bridgehead atoms. The first kappa shape index (κ1) is 13.4. The Labute approximate surface area is 119 Å². The predicted molar refractivity (Wildman–Crippen MR) is 75.1 cm³/mol. The number of hydrogen-bond acceptors (Lipinski definition) is 3. The number of fused-ring (bicyclic) bond motifs is 1. The van der Waals surface area contributed by atoms with Crippen LogP contribution in [-0.2, 0) is 0 Å². The molecule has 2 atom stereocenters. The third-order valence-corrected chi connectivity index (χ3v) is 3.90. The van der Waals surface area contributed by atoms with E-state index in [2.05, 4.69) is 4.98 Å². The molecule has 1 fully saturated rings. The number of aromatic nitrogens is 1. The van der Waals surface area contributed by atoms with Gasteiger partial charge in [0.25, 0.3) is 5.91 Å². The van der Waals surface area contributed by atoms with E-state index in [0.717, 1.165) is 0 Å². The first-order chi connectivity index (χ1) is 9.45. The van der Waals surface area contributed by atoms with Gasteiger partial charge in [-0.2, -0.15) is 0 Å². The largest absolute Gasteiger partial charge is 0.350 e. The molecule has 5 nitrogen and oxygen atoms in total. The normalized spacial score (nSPS) is 22.7. The van der Waals surface area contributed by atoms with Crippen LogP contribution in [-0.4, -0.2) is 41.0 Å². The minimum Gasteiger partial charge on any atom is -0.350 e. The maximum Gasteiger partial charge on any atom is 0.270 e. The van der Waals surface area contributed by atoms with Gasteiger partial charge in [0.05, 0.1) is 10.5 Å². The minimum absolute atomic E-state index is 0.207. The van der Waals surface area contributed by atoms with Crippen LogP contribution in [0.25, 0.3) is 10.9 Å². The van der Waals surface area contributed by atoms with E-state index in [1.807, 2.05) is 0 Å². The highest BCUT2D eigenvalue weighted by Gasteiger charge is 2.31. The summed E-state index contributed by atoms with van der Waals surface area (Å²) in [6.07, 6.45) is 0. The Bertz CT molecular complexity index is 676. The van der Waals surface area contributed by atoms with Crippen LogP contribution in [0, 0.1) is 5.82 Å². The van der Waals surface area contributed by atoms with Gasteiger partial charge < -0.3 is 21.4 Å². The fourth-order valence-electron chi connectivity index (χ4n) is 2.47. The molecule has 0 radical (unpaired) electrons. The molecule has 20 heavy (non-hydrogen) atoms. The number of nitrogens with zero attached hydrogens (tertiary/aromatic N) is 1. The molecule has 7 heteroatoms. The summed E-state index contributed by atoms with van der Waals surface area (Å²) in [4.78, 5) is 16.8. The molecule has 0 unspecified atom stereocenters. The van der Waals surface area contributed by atoms with E-state index < -0.39 is 5.82 Å². The van der Waals surface area contributed by atoms with Crippen LogP contribution >= 0.6 is 11.6 Å². The van der Waals surface area contributed by atoms with Crippen LogP contribution in [0.15, 0.2) is 18.2 Å². The van der Waals surface area contributed by atoms with Gasteiger partial charge in [0.15, 0.2) is 0 Å². The second kappa shape index (κ2) is 4.73. The lowest BCUT2D eigenvalue weighted by atomic mass is 10.2. The van der Waals surface area contributed by atoms with Gasteiger partial charge in [0, 0.05) is 30.6 Å². The maximum absolute atomic E-state index is 13.3. The average Bonchev–Trinajstić information content (AvgIpc) is 2.93. The van der Waals surface area contributed by atoms with E-state index in [4.69, 9.17) is 23.1 Å². The lowest BCUT2D eigenvalue weighted by Crippen LogP contribution is -2.39. The Balaban J connectivity index is 1.95. The molecule has 2 aromatic rings. The van der Waals surface area contributed by atoms with Crippen molar-refractivity contribution in [3.8, 4) is 0 Å². The molecule has 5 N–H and O–H groups in total. The summed E-state index contributed by atoms with van der Waals surface area (Å²) in [5.41, 5.74) is 12.5. The van der Waals surface area contributed by atoms with E-state index in [-0.39, 0.29) is 23.0 Å². The number of nitrogens with two attached hydrogens (primary N) is 2. The van der Waals surface area contributed by atoms with Crippen LogP contribution in [0.1, 0.15) is 10.5 Å². The van der Waals surface area contributed by atoms with Crippen molar-refractivity contribution in [3.63, 3.8) is 0 Å². The number of halogens is 2. The lowest BCUT2D eigenvalue weighted by molar-refractivity contribution is 0.0784. The average molecular weight is 297 g/mol. The van der Waals surface area contributed by atoms with Gasteiger partial charge in [-0.25, -0.2) is 4.39 Å². The molecule has 0 spiro atoms. The van der Waals surface area contributed by atoms with Gasteiger partial charge in [0.2, 0.25) is 0 Å². The van der Waals surface area contributed by atoms with Crippen LogP contribution in [0.5, 0.6) is 0 Å². The van der Waals surface area contributed by atoms with Crippen molar-refractivity contribution in [2.75, 3.05) is 13.1 Å². The van der Waals surface area contributed by atoms with Gasteiger partial charge in [-0.1, -0.05) is 11.6 Å². The third kappa shape index (κ3) is 2.15. The van der Waals surface area contributed by atoms with Gasteiger partial charge >= 0.3 is 0 Å². The summed E-state index contributed by atoms with van der Waals surface area (Å²) in [5.74, 6) is -0.658. The molecular weight excluding hydrogens is 283 g/mol. The maximum atomic E-state index is 13.3. The lowest BCUT2D eigenvalue weighted by Gasteiger charge is -2.14. The molecule has 1 amide bonds. The number of rotatable bonds is 1. The quantitative estimate of drug-likeness (QED) is 0.735. The van der Waals surface area contributed by atoms with Crippen molar-refractivity contribution in [3.05, 3.63) is 34.7 Å². The van der Waals surface area contributed by atoms with Crippen molar-refractivity contribution in [1.29, 1.82) is 0 Å². The highest BCUT2D eigenvalue weighted by atomic mass is 35.5. The topological polar surface area (TPSA) is 88.1 Å². The van der Waals surface area contributed by atoms with Crippen LogP contribution < -0.4 is 11.5 Å². The molecule has 1 aromatic carbocycles. The molecule has 1 saturated heterocycles. The molecule has 2 heterocycles. The number of hydrogen-bond donors (Lipinski definition) is 3. The second-order valence-electron chi connectivity index (χ2n) is 5.07. The molecule has 1 aliphatic rings. The number of nitrogens with one attached hydrogen (secondary N) is 1. The molecular formula is C13H14ClFN4O. The Kier molecular flexibility index (Phi) is 3.16. The Morgan fingerprint density at radius 3 is 2.60 bits per heavy atom. The summed E-state index contributed by atoms with van der Waals surface area (Å²) < 4.78 is 13.3. The number of H-pyrrole nitrogens is 1. The van der Waals surface area contributed by atoms with Crippen molar-refractivity contribution in [2.45, 2.75) is 12.1 Å². The fourth-order valence-corrected chi connectivity index (χ4v) is 2.73. The first-order valence-corrected chi connectivity index (χ1v) is 6.61. The van der Waals surface area contributed by atoms with Gasteiger partial charge in [-0.05, 0) is 18.2 Å². The van der Waals surface area contributed by atoms with Crippen molar-refractivity contribution in [1.82, 2.24) is 9.88 Å². The number of carbonyl (C=O) groups is 1. The number of likely N-dealkylation sites (tertiary alicyclic amines) is 1. The van der Waals surface area contributed by atoms with Crippen LogP contribution in [0.4, 0.5) is 4.39 Å². The standard InChI is InChI=1S/C13H14ClFN4O/c14-8-1-6(15)2-11-7(8)3-12(18-11)13(20)19-4-9(16)10(17)5-19/h1-3,9-10,18H,4-5,16-17H2/t9-,10-/m1/s1. The molecule has 0 saturated carbocycles. The Morgan fingerprint density at radius 2 is 1.95 bits per heavy atom. The molecule has 3 rings (SSSR count).